The van der Waals surface area contributed by atoms with Gasteiger partial charge in [0.05, 0.1) is 6.54 Å². The van der Waals surface area contributed by atoms with E-state index in [1.807, 2.05) is 6.07 Å². The molecule has 0 fully saturated rings. The first kappa shape index (κ1) is 16.0. The molecule has 108 valence electrons. The van der Waals surface area contributed by atoms with Crippen LogP contribution in [0, 0.1) is 0 Å². The summed E-state index contributed by atoms with van der Waals surface area (Å²) >= 11 is 5.26. The lowest BCUT2D eigenvalue weighted by Gasteiger charge is -2.14. The number of aliphatic carboxylic acids is 1. The zero-order valence-corrected chi connectivity index (χ0v) is 11.4. The molecular weight excluding hydrogens is 284 g/mol. The minimum absolute atomic E-state index is 0.172. The molecule has 0 saturated carbocycles. The molecule has 0 bridgehead atoms. The molecule has 6 nitrogen and oxygen atoms in total. The van der Waals surface area contributed by atoms with Crippen LogP contribution in [0.4, 0.5) is 0 Å². The molecule has 1 aromatic carbocycles. The van der Waals surface area contributed by atoms with Crippen molar-refractivity contribution >= 4 is 29.4 Å². The molecule has 2 amide bonds. The van der Waals surface area contributed by atoms with E-state index in [0.29, 0.717) is 0 Å². The van der Waals surface area contributed by atoms with E-state index < -0.39 is 23.8 Å². The van der Waals surface area contributed by atoms with Gasteiger partial charge in [-0.2, -0.15) is 0 Å². The molecule has 1 atom stereocenters. The SMILES string of the molecule is O=C(CCl)NCC(=O)NC(Cc1ccccc1)C(=O)O. The molecule has 0 aliphatic carbocycles. The van der Waals surface area contributed by atoms with Crippen LogP contribution in [0.2, 0.25) is 0 Å². The van der Waals surface area contributed by atoms with E-state index in [-0.39, 0.29) is 18.8 Å². The number of rotatable bonds is 7. The van der Waals surface area contributed by atoms with Gasteiger partial charge in [-0.3, -0.25) is 9.59 Å². The second-order valence-electron chi connectivity index (χ2n) is 4.06. The molecule has 1 rings (SSSR count). The fraction of sp³-hybridized carbons (Fsp3) is 0.308. The van der Waals surface area contributed by atoms with Crippen molar-refractivity contribution in [1.29, 1.82) is 0 Å². The molecule has 0 heterocycles. The van der Waals surface area contributed by atoms with Crippen molar-refractivity contribution in [3.63, 3.8) is 0 Å². The predicted molar refractivity (Wildman–Crippen MR) is 73.4 cm³/mol. The van der Waals surface area contributed by atoms with E-state index in [1.165, 1.54) is 0 Å². The van der Waals surface area contributed by atoms with Crippen LogP contribution < -0.4 is 10.6 Å². The molecule has 20 heavy (non-hydrogen) atoms. The number of carbonyl (C=O) groups is 3. The summed E-state index contributed by atoms with van der Waals surface area (Å²) < 4.78 is 0. The third kappa shape index (κ3) is 5.71. The van der Waals surface area contributed by atoms with Gasteiger partial charge in [-0.25, -0.2) is 4.79 Å². The topological polar surface area (TPSA) is 95.5 Å². The molecule has 7 heteroatoms. The van der Waals surface area contributed by atoms with Crippen molar-refractivity contribution in [2.45, 2.75) is 12.5 Å². The zero-order valence-electron chi connectivity index (χ0n) is 10.6. The van der Waals surface area contributed by atoms with Crippen LogP contribution in [0.1, 0.15) is 5.56 Å². The van der Waals surface area contributed by atoms with Crippen molar-refractivity contribution in [1.82, 2.24) is 10.6 Å². The first-order valence-corrected chi connectivity index (χ1v) is 6.45. The van der Waals surface area contributed by atoms with Gasteiger partial charge in [0.25, 0.3) is 0 Å². The van der Waals surface area contributed by atoms with Crippen molar-refractivity contribution in [2.24, 2.45) is 0 Å². The van der Waals surface area contributed by atoms with Gasteiger partial charge < -0.3 is 15.7 Å². The standard InChI is InChI=1S/C13H15ClN2O4/c14-7-11(17)15-8-12(18)16-10(13(19)20)6-9-4-2-1-3-5-9/h1-5,10H,6-8H2,(H,15,17)(H,16,18)(H,19,20). The predicted octanol–water partition coefficient (Wildman–Crippen LogP) is 0.153. The van der Waals surface area contributed by atoms with E-state index in [0.717, 1.165) is 5.56 Å². The van der Waals surface area contributed by atoms with Crippen LogP contribution in [0.3, 0.4) is 0 Å². The first-order chi connectivity index (χ1) is 9.52. The van der Waals surface area contributed by atoms with E-state index >= 15 is 0 Å². The maximum atomic E-state index is 11.5. The Labute approximate surface area is 121 Å². The number of carbonyl (C=O) groups excluding carboxylic acids is 2. The van der Waals surface area contributed by atoms with Gasteiger partial charge in [0, 0.05) is 6.42 Å². The third-order valence-corrected chi connectivity index (χ3v) is 2.73. The van der Waals surface area contributed by atoms with Crippen molar-refractivity contribution < 1.29 is 19.5 Å². The molecule has 1 aromatic rings. The van der Waals surface area contributed by atoms with E-state index in [1.54, 1.807) is 24.3 Å². The molecule has 0 aliphatic heterocycles. The monoisotopic (exact) mass is 298 g/mol. The Hall–Kier alpha value is -2.08. The minimum Gasteiger partial charge on any atom is -0.480 e. The summed E-state index contributed by atoms with van der Waals surface area (Å²) in [5.74, 6) is -2.45. The Morgan fingerprint density at radius 2 is 1.80 bits per heavy atom. The highest BCUT2D eigenvalue weighted by Crippen LogP contribution is 2.03. The number of amides is 2. The average Bonchev–Trinajstić information content (AvgIpc) is 2.45. The molecule has 0 aromatic heterocycles. The molecule has 1 unspecified atom stereocenters. The summed E-state index contributed by atoms with van der Waals surface area (Å²) in [6.07, 6.45) is 0.172. The molecule has 0 radical (unpaired) electrons. The second-order valence-corrected chi connectivity index (χ2v) is 4.33. The lowest BCUT2D eigenvalue weighted by molar-refractivity contribution is -0.141. The summed E-state index contributed by atoms with van der Waals surface area (Å²) in [5, 5.41) is 13.7. The summed E-state index contributed by atoms with van der Waals surface area (Å²) in [6, 6.07) is 7.90. The summed E-state index contributed by atoms with van der Waals surface area (Å²) in [6.45, 7) is -0.301. The van der Waals surface area contributed by atoms with Crippen LogP contribution in [0.15, 0.2) is 30.3 Å². The van der Waals surface area contributed by atoms with Crippen LogP contribution in [-0.2, 0) is 20.8 Å². The average molecular weight is 299 g/mol. The maximum Gasteiger partial charge on any atom is 0.326 e. The Kier molecular flexibility index (Phi) is 6.52. The van der Waals surface area contributed by atoms with E-state index in [2.05, 4.69) is 10.6 Å². The Morgan fingerprint density at radius 3 is 2.35 bits per heavy atom. The number of benzene rings is 1. The summed E-state index contributed by atoms with van der Waals surface area (Å²) in [7, 11) is 0. The van der Waals surface area contributed by atoms with Gasteiger partial charge in [0.2, 0.25) is 11.8 Å². The van der Waals surface area contributed by atoms with Crippen molar-refractivity contribution in [3.05, 3.63) is 35.9 Å². The maximum absolute atomic E-state index is 11.5. The highest BCUT2D eigenvalue weighted by Gasteiger charge is 2.20. The number of alkyl halides is 1. The third-order valence-electron chi connectivity index (χ3n) is 2.48. The Morgan fingerprint density at radius 1 is 1.15 bits per heavy atom. The lowest BCUT2D eigenvalue weighted by Crippen LogP contribution is -2.46. The number of halogens is 1. The van der Waals surface area contributed by atoms with Crippen LogP contribution in [0.5, 0.6) is 0 Å². The fourth-order valence-corrected chi connectivity index (χ4v) is 1.62. The van der Waals surface area contributed by atoms with E-state index in [9.17, 15) is 14.4 Å². The normalized spacial score (nSPS) is 11.4. The van der Waals surface area contributed by atoms with Gasteiger partial charge >= 0.3 is 5.97 Å². The number of hydrogen-bond acceptors (Lipinski definition) is 3. The Bertz CT molecular complexity index is 479. The number of carboxylic acids is 1. The Balaban J connectivity index is 2.53. The van der Waals surface area contributed by atoms with Gasteiger partial charge in [0.15, 0.2) is 0 Å². The molecule has 0 saturated heterocycles. The molecule has 0 aliphatic rings. The quantitative estimate of drug-likeness (QED) is 0.625. The molecule has 0 spiro atoms. The molecular formula is C13H15ClN2O4. The minimum atomic E-state index is -1.13. The van der Waals surface area contributed by atoms with E-state index in [4.69, 9.17) is 16.7 Å². The van der Waals surface area contributed by atoms with Gasteiger partial charge in [-0.15, -0.1) is 11.6 Å². The highest BCUT2D eigenvalue weighted by molar-refractivity contribution is 6.27. The largest absolute Gasteiger partial charge is 0.480 e. The highest BCUT2D eigenvalue weighted by atomic mass is 35.5. The lowest BCUT2D eigenvalue weighted by atomic mass is 10.1. The van der Waals surface area contributed by atoms with Gasteiger partial charge in [-0.05, 0) is 5.56 Å². The first-order valence-electron chi connectivity index (χ1n) is 5.91. The number of carboxylic acid groups (broad SMARTS) is 1. The fourth-order valence-electron chi connectivity index (χ4n) is 1.52. The van der Waals surface area contributed by atoms with Gasteiger partial charge in [0.1, 0.15) is 11.9 Å². The van der Waals surface area contributed by atoms with Crippen LogP contribution >= 0.6 is 11.6 Å². The number of hydrogen-bond donors (Lipinski definition) is 3. The van der Waals surface area contributed by atoms with Crippen LogP contribution in [-0.4, -0.2) is 41.4 Å². The summed E-state index contributed by atoms with van der Waals surface area (Å²) in [5.41, 5.74) is 0.796. The zero-order chi connectivity index (χ0) is 15.0. The van der Waals surface area contributed by atoms with Crippen molar-refractivity contribution in [3.8, 4) is 0 Å². The molecule has 3 N–H and O–H groups in total. The second kappa shape index (κ2) is 8.16. The smallest absolute Gasteiger partial charge is 0.326 e. The number of nitrogens with one attached hydrogen (secondary N) is 2. The summed E-state index contributed by atoms with van der Waals surface area (Å²) in [4.78, 5) is 33.5. The van der Waals surface area contributed by atoms with Crippen molar-refractivity contribution in [2.75, 3.05) is 12.4 Å². The van der Waals surface area contributed by atoms with Crippen LogP contribution in [0.25, 0.3) is 0 Å². The van der Waals surface area contributed by atoms with Gasteiger partial charge in [-0.1, -0.05) is 30.3 Å².